The Hall–Kier alpha value is -1.00. The van der Waals surface area contributed by atoms with Crippen molar-refractivity contribution in [3.8, 4) is 0 Å². The molecule has 0 bridgehead atoms. The van der Waals surface area contributed by atoms with E-state index in [1.54, 1.807) is 0 Å². The Morgan fingerprint density at radius 3 is 2.71 bits per heavy atom. The molecule has 96 valence electrons. The smallest absolute Gasteiger partial charge is 0.270 e. The molecule has 1 amide bonds. The molecule has 0 saturated carbocycles. The molecule has 1 atom stereocenters. The largest absolute Gasteiger partial charge is 0.344 e. The molecule has 1 fully saturated rings. The van der Waals surface area contributed by atoms with Gasteiger partial charge >= 0.3 is 0 Å². The number of rotatable bonds is 1. The molecular formula is C12H20ClN3O. The van der Waals surface area contributed by atoms with Gasteiger partial charge in [0.25, 0.3) is 5.91 Å². The van der Waals surface area contributed by atoms with Crippen LogP contribution in [0.3, 0.4) is 0 Å². The molecule has 5 heteroatoms. The summed E-state index contributed by atoms with van der Waals surface area (Å²) in [5.41, 5.74) is 1.90. The normalized spacial score (nSPS) is 19.9. The van der Waals surface area contributed by atoms with E-state index in [0.717, 1.165) is 31.0 Å². The predicted molar refractivity (Wildman–Crippen MR) is 70.8 cm³/mol. The van der Waals surface area contributed by atoms with Crippen molar-refractivity contribution in [2.45, 2.75) is 19.9 Å². The van der Waals surface area contributed by atoms with Gasteiger partial charge in [0.15, 0.2) is 0 Å². The molecule has 0 aliphatic carbocycles. The SMILES string of the molecule is Cc1ccc(C(=O)N2CCNC[C@@H]2C)n1C.Cl. The van der Waals surface area contributed by atoms with Crippen LogP contribution in [0.5, 0.6) is 0 Å². The number of hydrogen-bond donors (Lipinski definition) is 1. The summed E-state index contributed by atoms with van der Waals surface area (Å²) < 4.78 is 1.96. The molecule has 1 N–H and O–H groups in total. The predicted octanol–water partition coefficient (Wildman–Crippen LogP) is 1.19. The molecule has 17 heavy (non-hydrogen) atoms. The average molecular weight is 258 g/mol. The van der Waals surface area contributed by atoms with Crippen molar-refractivity contribution in [2.75, 3.05) is 19.6 Å². The van der Waals surface area contributed by atoms with E-state index in [1.807, 2.05) is 35.6 Å². The third-order valence-electron chi connectivity index (χ3n) is 3.35. The lowest BCUT2D eigenvalue weighted by atomic mass is 10.2. The van der Waals surface area contributed by atoms with Crippen LogP contribution in [-0.2, 0) is 7.05 Å². The van der Waals surface area contributed by atoms with Crippen molar-refractivity contribution < 1.29 is 4.79 Å². The molecule has 1 aliphatic heterocycles. The van der Waals surface area contributed by atoms with E-state index in [1.165, 1.54) is 0 Å². The minimum Gasteiger partial charge on any atom is -0.344 e. The summed E-state index contributed by atoms with van der Waals surface area (Å²) in [4.78, 5) is 14.3. The highest BCUT2D eigenvalue weighted by Gasteiger charge is 2.25. The molecule has 0 unspecified atom stereocenters. The lowest BCUT2D eigenvalue weighted by Gasteiger charge is -2.34. The third-order valence-corrected chi connectivity index (χ3v) is 3.35. The van der Waals surface area contributed by atoms with Gasteiger partial charge in [-0.2, -0.15) is 0 Å². The first-order chi connectivity index (χ1) is 7.61. The first kappa shape index (κ1) is 14.1. The van der Waals surface area contributed by atoms with Crippen LogP contribution >= 0.6 is 12.4 Å². The minimum absolute atomic E-state index is 0. The number of aromatic nitrogens is 1. The maximum absolute atomic E-state index is 12.3. The van der Waals surface area contributed by atoms with Gasteiger partial charge in [-0.1, -0.05) is 0 Å². The van der Waals surface area contributed by atoms with E-state index >= 15 is 0 Å². The van der Waals surface area contributed by atoms with Crippen LogP contribution in [0.1, 0.15) is 23.1 Å². The van der Waals surface area contributed by atoms with Gasteiger partial charge in [-0.15, -0.1) is 12.4 Å². The number of hydrogen-bond acceptors (Lipinski definition) is 2. The Morgan fingerprint density at radius 1 is 1.47 bits per heavy atom. The van der Waals surface area contributed by atoms with Gasteiger partial charge in [0.1, 0.15) is 5.69 Å². The van der Waals surface area contributed by atoms with Crippen LogP contribution in [0.4, 0.5) is 0 Å². The molecule has 1 aromatic rings. The number of nitrogens with zero attached hydrogens (tertiary/aromatic N) is 2. The Labute approximate surface area is 108 Å². The second kappa shape index (κ2) is 5.56. The average Bonchev–Trinajstić information content (AvgIpc) is 2.60. The highest BCUT2D eigenvalue weighted by molar-refractivity contribution is 5.93. The highest BCUT2D eigenvalue weighted by atomic mass is 35.5. The highest BCUT2D eigenvalue weighted by Crippen LogP contribution is 2.12. The summed E-state index contributed by atoms with van der Waals surface area (Å²) in [6, 6.07) is 4.17. The fourth-order valence-corrected chi connectivity index (χ4v) is 2.12. The van der Waals surface area contributed by atoms with Crippen LogP contribution in [0, 0.1) is 6.92 Å². The Balaban J connectivity index is 0.00000144. The zero-order valence-electron chi connectivity index (χ0n) is 10.6. The fraction of sp³-hybridized carbons (Fsp3) is 0.583. The van der Waals surface area contributed by atoms with Crippen molar-refractivity contribution in [1.82, 2.24) is 14.8 Å². The van der Waals surface area contributed by atoms with Gasteiger partial charge in [-0.25, -0.2) is 0 Å². The van der Waals surface area contributed by atoms with Crippen molar-refractivity contribution >= 4 is 18.3 Å². The number of carbonyl (C=O) groups excluding carboxylic acids is 1. The van der Waals surface area contributed by atoms with E-state index in [4.69, 9.17) is 0 Å². The van der Waals surface area contributed by atoms with Gasteiger partial charge in [0, 0.05) is 38.4 Å². The summed E-state index contributed by atoms with van der Waals surface area (Å²) in [5.74, 6) is 0.143. The summed E-state index contributed by atoms with van der Waals surface area (Å²) in [6.07, 6.45) is 0. The number of halogens is 1. The van der Waals surface area contributed by atoms with Crippen molar-refractivity contribution in [2.24, 2.45) is 7.05 Å². The number of amides is 1. The van der Waals surface area contributed by atoms with E-state index in [0.29, 0.717) is 0 Å². The lowest BCUT2D eigenvalue weighted by molar-refractivity contribution is 0.0645. The van der Waals surface area contributed by atoms with Crippen LogP contribution in [0.2, 0.25) is 0 Å². The maximum Gasteiger partial charge on any atom is 0.270 e. The number of piperazine rings is 1. The zero-order chi connectivity index (χ0) is 11.7. The van der Waals surface area contributed by atoms with Crippen molar-refractivity contribution in [3.63, 3.8) is 0 Å². The summed E-state index contributed by atoms with van der Waals surface area (Å²) >= 11 is 0. The third kappa shape index (κ3) is 2.64. The molecular weight excluding hydrogens is 238 g/mol. The van der Waals surface area contributed by atoms with E-state index < -0.39 is 0 Å². The van der Waals surface area contributed by atoms with E-state index in [9.17, 15) is 4.79 Å². The summed E-state index contributed by atoms with van der Waals surface area (Å²) in [5, 5.41) is 3.29. The van der Waals surface area contributed by atoms with Gasteiger partial charge in [0.05, 0.1) is 0 Å². The van der Waals surface area contributed by atoms with E-state index in [-0.39, 0.29) is 24.4 Å². The zero-order valence-corrected chi connectivity index (χ0v) is 11.4. The topological polar surface area (TPSA) is 37.3 Å². The molecule has 0 radical (unpaired) electrons. The molecule has 1 aromatic heterocycles. The van der Waals surface area contributed by atoms with Crippen LogP contribution < -0.4 is 5.32 Å². The monoisotopic (exact) mass is 257 g/mol. The molecule has 4 nitrogen and oxygen atoms in total. The first-order valence-electron chi connectivity index (χ1n) is 5.75. The maximum atomic E-state index is 12.3. The standard InChI is InChI=1S/C12H19N3O.ClH/c1-9-4-5-11(14(9)3)12(16)15-7-6-13-8-10(15)2;/h4-5,10,13H,6-8H2,1-3H3;1H/t10-;/m0./s1. The van der Waals surface area contributed by atoms with Crippen molar-refractivity contribution in [3.05, 3.63) is 23.5 Å². The first-order valence-corrected chi connectivity index (χ1v) is 5.75. The van der Waals surface area contributed by atoms with Crippen LogP contribution in [0.15, 0.2) is 12.1 Å². The molecule has 0 aromatic carbocycles. The molecule has 2 rings (SSSR count). The van der Waals surface area contributed by atoms with Crippen molar-refractivity contribution in [1.29, 1.82) is 0 Å². The summed E-state index contributed by atoms with van der Waals surface area (Å²) in [6.45, 7) is 6.66. The minimum atomic E-state index is 0. The van der Waals surface area contributed by atoms with Gasteiger partial charge in [-0.3, -0.25) is 4.79 Å². The Morgan fingerprint density at radius 2 is 2.18 bits per heavy atom. The lowest BCUT2D eigenvalue weighted by Crippen LogP contribution is -2.52. The fourth-order valence-electron chi connectivity index (χ4n) is 2.12. The number of carbonyl (C=O) groups is 1. The Bertz CT molecular complexity index is 402. The second-order valence-corrected chi connectivity index (χ2v) is 4.47. The Kier molecular flexibility index (Phi) is 4.60. The molecule has 2 heterocycles. The second-order valence-electron chi connectivity index (χ2n) is 4.47. The molecule has 1 saturated heterocycles. The molecule has 0 spiro atoms. The van der Waals surface area contributed by atoms with Gasteiger partial charge in [0.2, 0.25) is 0 Å². The van der Waals surface area contributed by atoms with Crippen LogP contribution in [0.25, 0.3) is 0 Å². The summed E-state index contributed by atoms with van der Waals surface area (Å²) in [7, 11) is 1.94. The van der Waals surface area contributed by atoms with Crippen LogP contribution in [-0.4, -0.2) is 41.1 Å². The quantitative estimate of drug-likeness (QED) is 0.821. The van der Waals surface area contributed by atoms with Gasteiger partial charge in [-0.05, 0) is 26.0 Å². The van der Waals surface area contributed by atoms with Gasteiger partial charge < -0.3 is 14.8 Å². The number of aryl methyl sites for hydroxylation is 1. The number of nitrogens with one attached hydrogen (secondary N) is 1. The van der Waals surface area contributed by atoms with E-state index in [2.05, 4.69) is 12.2 Å². The molecule has 1 aliphatic rings.